The van der Waals surface area contributed by atoms with Crippen LogP contribution in [0.5, 0.6) is 0 Å². The molecule has 0 aromatic rings. The molecule has 1 spiro atoms. The lowest BCUT2D eigenvalue weighted by atomic mass is 9.78. The van der Waals surface area contributed by atoms with Crippen LogP contribution in [0, 0.1) is 5.92 Å². The summed E-state index contributed by atoms with van der Waals surface area (Å²) in [6, 6.07) is 0.112. The number of nitrogens with zero attached hydrogens (tertiary/aromatic N) is 2. The molecule has 2 aliphatic heterocycles. The highest BCUT2D eigenvalue weighted by molar-refractivity contribution is 5.73. The second kappa shape index (κ2) is 6.09. The van der Waals surface area contributed by atoms with E-state index in [-0.39, 0.29) is 11.6 Å². The van der Waals surface area contributed by atoms with Gasteiger partial charge in [0, 0.05) is 47.5 Å². The zero-order valence-corrected chi connectivity index (χ0v) is 12.4. The van der Waals surface area contributed by atoms with Gasteiger partial charge in [0.15, 0.2) is 0 Å². The van der Waals surface area contributed by atoms with Crippen LogP contribution in [0.3, 0.4) is 0 Å². The number of amides is 2. The normalized spacial score (nSPS) is 25.8. The predicted octanol–water partition coefficient (Wildman–Crippen LogP) is 1.58. The van der Waals surface area contributed by atoms with Gasteiger partial charge in [0.1, 0.15) is 0 Å². The Morgan fingerprint density at radius 2 is 2.11 bits per heavy atom. The van der Waals surface area contributed by atoms with Gasteiger partial charge in [-0.05, 0) is 31.6 Å². The van der Waals surface area contributed by atoms with Gasteiger partial charge < -0.3 is 19.3 Å². The monoisotopic (exact) mass is 270 g/mol. The molecule has 2 amide bonds. The summed E-state index contributed by atoms with van der Waals surface area (Å²) in [6.45, 7) is 3.27. The van der Waals surface area contributed by atoms with Gasteiger partial charge in [-0.3, -0.25) is 0 Å². The van der Waals surface area contributed by atoms with Crippen LogP contribution in [0.4, 0.5) is 4.79 Å². The molecule has 19 heavy (non-hydrogen) atoms. The second-order valence-electron chi connectivity index (χ2n) is 5.84. The molecular weight excluding hydrogens is 244 g/mol. The number of carbonyl (C=O) groups is 1. The van der Waals surface area contributed by atoms with E-state index in [0.29, 0.717) is 5.92 Å². The minimum Gasteiger partial charge on any atom is -0.385 e. The van der Waals surface area contributed by atoms with Gasteiger partial charge >= 0.3 is 6.03 Å². The Labute approximate surface area is 115 Å². The zero-order valence-electron chi connectivity index (χ0n) is 12.4. The van der Waals surface area contributed by atoms with E-state index in [1.807, 2.05) is 4.90 Å². The van der Waals surface area contributed by atoms with Gasteiger partial charge in [-0.15, -0.1) is 0 Å². The third-order valence-electron chi connectivity index (χ3n) is 4.53. The first-order valence-electron chi connectivity index (χ1n) is 7.18. The molecule has 5 nitrogen and oxygen atoms in total. The van der Waals surface area contributed by atoms with Crippen molar-refractivity contribution in [3.8, 4) is 0 Å². The number of rotatable bonds is 3. The number of urea groups is 1. The van der Waals surface area contributed by atoms with E-state index < -0.39 is 0 Å². The summed E-state index contributed by atoms with van der Waals surface area (Å²) in [5.74, 6) is 0.587. The fraction of sp³-hybridized carbons (Fsp3) is 0.929. The standard InChI is InChI=1S/C14H26N2O3/c1-15(2)13(17)16-8-6-14(7-9-16)12(4-10-18-3)5-11-19-14/h12H,4-11H2,1-3H3/t12-/m0/s1. The fourth-order valence-electron chi connectivity index (χ4n) is 3.36. The van der Waals surface area contributed by atoms with Crippen molar-refractivity contribution in [2.75, 3.05) is 47.5 Å². The molecule has 2 heterocycles. The number of hydrogen-bond acceptors (Lipinski definition) is 3. The summed E-state index contributed by atoms with van der Waals surface area (Å²) in [5.41, 5.74) is 0.00161. The maximum atomic E-state index is 11.9. The lowest BCUT2D eigenvalue weighted by Gasteiger charge is -2.42. The van der Waals surface area contributed by atoms with Crippen molar-refractivity contribution in [1.82, 2.24) is 9.80 Å². The molecule has 0 bridgehead atoms. The molecule has 2 saturated heterocycles. The van der Waals surface area contributed by atoms with Crippen molar-refractivity contribution < 1.29 is 14.3 Å². The van der Waals surface area contributed by atoms with Crippen molar-refractivity contribution in [3.05, 3.63) is 0 Å². The molecule has 0 aromatic carbocycles. The SMILES string of the molecule is COCC[C@H]1CCOC12CCN(C(=O)N(C)C)CC2. The third kappa shape index (κ3) is 3.03. The highest BCUT2D eigenvalue weighted by Gasteiger charge is 2.46. The van der Waals surface area contributed by atoms with Crippen LogP contribution in [-0.4, -0.2) is 68.9 Å². The highest BCUT2D eigenvalue weighted by Crippen LogP contribution is 2.42. The molecule has 5 heteroatoms. The van der Waals surface area contributed by atoms with E-state index in [9.17, 15) is 4.79 Å². The summed E-state index contributed by atoms with van der Waals surface area (Å²) < 4.78 is 11.3. The van der Waals surface area contributed by atoms with Gasteiger partial charge in [-0.1, -0.05) is 0 Å². The van der Waals surface area contributed by atoms with Crippen LogP contribution in [0.1, 0.15) is 25.7 Å². The first-order valence-corrected chi connectivity index (χ1v) is 7.18. The lowest BCUT2D eigenvalue weighted by molar-refractivity contribution is -0.0656. The van der Waals surface area contributed by atoms with E-state index in [0.717, 1.165) is 52.0 Å². The van der Waals surface area contributed by atoms with Crippen molar-refractivity contribution in [1.29, 1.82) is 0 Å². The van der Waals surface area contributed by atoms with Crippen LogP contribution < -0.4 is 0 Å². The molecule has 2 fully saturated rings. The molecule has 110 valence electrons. The molecule has 0 radical (unpaired) electrons. The Kier molecular flexibility index (Phi) is 4.68. The molecule has 0 aromatic heterocycles. The Morgan fingerprint density at radius 3 is 2.68 bits per heavy atom. The van der Waals surface area contributed by atoms with E-state index in [2.05, 4.69) is 0 Å². The maximum Gasteiger partial charge on any atom is 0.319 e. The zero-order chi connectivity index (χ0) is 13.9. The molecule has 0 aliphatic carbocycles. The molecule has 0 unspecified atom stereocenters. The molecule has 1 atom stereocenters. The van der Waals surface area contributed by atoms with Crippen molar-refractivity contribution in [2.24, 2.45) is 5.92 Å². The number of carbonyl (C=O) groups excluding carboxylic acids is 1. The summed E-state index contributed by atoms with van der Waals surface area (Å²) in [6.07, 6.45) is 4.12. The van der Waals surface area contributed by atoms with Gasteiger partial charge in [0.25, 0.3) is 0 Å². The first-order chi connectivity index (χ1) is 9.09. The number of methoxy groups -OCH3 is 1. The summed E-state index contributed by atoms with van der Waals surface area (Å²) >= 11 is 0. The third-order valence-corrected chi connectivity index (χ3v) is 4.53. The number of hydrogen-bond donors (Lipinski definition) is 0. The molecule has 0 N–H and O–H groups in total. The quantitative estimate of drug-likeness (QED) is 0.782. The topological polar surface area (TPSA) is 42.0 Å². The molecule has 2 rings (SSSR count). The van der Waals surface area contributed by atoms with E-state index in [4.69, 9.17) is 9.47 Å². The van der Waals surface area contributed by atoms with Crippen molar-refractivity contribution in [2.45, 2.75) is 31.3 Å². The lowest BCUT2D eigenvalue weighted by Crippen LogP contribution is -2.51. The average Bonchev–Trinajstić information content (AvgIpc) is 2.79. The maximum absolute atomic E-state index is 11.9. The van der Waals surface area contributed by atoms with E-state index in [1.54, 1.807) is 26.1 Å². The second-order valence-corrected chi connectivity index (χ2v) is 5.84. The van der Waals surface area contributed by atoms with E-state index in [1.165, 1.54) is 0 Å². The molecule has 2 aliphatic rings. The van der Waals surface area contributed by atoms with Crippen LogP contribution in [0.15, 0.2) is 0 Å². The number of ether oxygens (including phenoxy) is 2. The fourth-order valence-corrected chi connectivity index (χ4v) is 3.36. The van der Waals surface area contributed by atoms with Gasteiger partial charge in [-0.25, -0.2) is 4.79 Å². The average molecular weight is 270 g/mol. The molecular formula is C14H26N2O3. The van der Waals surface area contributed by atoms with Gasteiger partial charge in [-0.2, -0.15) is 0 Å². The van der Waals surface area contributed by atoms with E-state index >= 15 is 0 Å². The number of piperidine rings is 1. The van der Waals surface area contributed by atoms with Crippen LogP contribution in [-0.2, 0) is 9.47 Å². The Morgan fingerprint density at radius 1 is 1.42 bits per heavy atom. The highest BCUT2D eigenvalue weighted by atomic mass is 16.5. The summed E-state index contributed by atoms with van der Waals surface area (Å²) in [7, 11) is 5.36. The smallest absolute Gasteiger partial charge is 0.319 e. The Bertz CT molecular complexity index is 312. The minimum absolute atomic E-state index is 0.00161. The largest absolute Gasteiger partial charge is 0.385 e. The van der Waals surface area contributed by atoms with Crippen molar-refractivity contribution >= 4 is 6.03 Å². The Hall–Kier alpha value is -0.810. The summed E-state index contributed by atoms with van der Waals surface area (Å²) in [5, 5.41) is 0. The van der Waals surface area contributed by atoms with Crippen LogP contribution in [0.25, 0.3) is 0 Å². The minimum atomic E-state index is 0.00161. The van der Waals surface area contributed by atoms with Gasteiger partial charge in [0.2, 0.25) is 0 Å². The predicted molar refractivity (Wildman–Crippen MR) is 73.2 cm³/mol. The van der Waals surface area contributed by atoms with Crippen LogP contribution in [0.2, 0.25) is 0 Å². The van der Waals surface area contributed by atoms with Gasteiger partial charge in [0.05, 0.1) is 5.60 Å². The summed E-state index contributed by atoms with van der Waals surface area (Å²) in [4.78, 5) is 15.5. The first kappa shape index (κ1) is 14.6. The van der Waals surface area contributed by atoms with Crippen molar-refractivity contribution in [3.63, 3.8) is 0 Å². The molecule has 0 saturated carbocycles. The Balaban J connectivity index is 1.92. The van der Waals surface area contributed by atoms with Crippen LogP contribution >= 0.6 is 0 Å². The number of likely N-dealkylation sites (tertiary alicyclic amines) is 1.